The molecule has 0 aromatic rings. The number of allylic oxidation sites excluding steroid dienone is 1. The van der Waals surface area contributed by atoms with Gasteiger partial charge in [-0.25, -0.2) is 0 Å². The number of hydrogen-bond acceptors (Lipinski definition) is 2. The minimum atomic E-state index is 0. The number of rotatable bonds is 0. The molecule has 3 heteroatoms. The van der Waals surface area contributed by atoms with Crippen molar-refractivity contribution in [2.45, 2.75) is 6.92 Å². The first kappa shape index (κ1) is 7.85. The molecule has 0 atom stereocenters. The predicted octanol–water partition coefficient (Wildman–Crippen LogP) is 1.21. The molecular weight excluding hydrogens is 116 g/mol. The van der Waals surface area contributed by atoms with E-state index in [1.165, 1.54) is 12.5 Å². The van der Waals surface area contributed by atoms with E-state index in [4.69, 9.17) is 9.47 Å². The minimum absolute atomic E-state index is 0. The summed E-state index contributed by atoms with van der Waals surface area (Å²) in [5, 5.41) is 0. The quantitative estimate of drug-likeness (QED) is 0.452. The summed E-state index contributed by atoms with van der Waals surface area (Å²) in [5.74, 6) is 0.780. The predicted molar refractivity (Wildman–Crippen MR) is 33.0 cm³/mol. The van der Waals surface area contributed by atoms with Crippen LogP contribution in [0.3, 0.4) is 0 Å². The van der Waals surface area contributed by atoms with Crippen molar-refractivity contribution in [3.63, 3.8) is 0 Å². The van der Waals surface area contributed by atoms with Crippen molar-refractivity contribution < 1.29 is 12.3 Å². The Labute approximate surface area is 67.3 Å². The summed E-state index contributed by atoms with van der Waals surface area (Å²) in [5.41, 5.74) is 0. The molecule has 0 aromatic heterocycles. The Morgan fingerprint density at radius 3 is 2.50 bits per heavy atom. The van der Waals surface area contributed by atoms with Crippen LogP contribution in [-0.2, 0) is 9.47 Å². The molecule has 0 aliphatic carbocycles. The molecule has 0 aromatic carbocycles. The van der Waals surface area contributed by atoms with Crippen LogP contribution >= 0.6 is 0 Å². The van der Waals surface area contributed by atoms with E-state index in [0.29, 0.717) is 0 Å². The minimum Gasteiger partial charge on any atom is -1.00 e. The van der Waals surface area contributed by atoms with Crippen LogP contribution in [0.4, 0.5) is 0 Å². The standard InChI is InChI=1S/C5H6O2.Mg.2H/c1-5-4-6-2-3-7-5;;;/h2-4H,1H3;;;/q;+2;2*-1. The third kappa shape index (κ3) is 2.23. The van der Waals surface area contributed by atoms with E-state index in [-0.39, 0.29) is 25.9 Å². The van der Waals surface area contributed by atoms with Gasteiger partial charge in [0.1, 0.15) is 24.5 Å². The molecule has 0 N–H and O–H groups in total. The molecule has 0 fully saturated rings. The first-order valence-corrected chi connectivity index (χ1v) is 2.03. The molecule has 8 heavy (non-hydrogen) atoms. The normalized spacial score (nSPS) is 14.9. The second-order valence-corrected chi connectivity index (χ2v) is 1.25. The number of ether oxygens (including phenoxy) is 2. The second-order valence-electron chi connectivity index (χ2n) is 1.25. The van der Waals surface area contributed by atoms with Crippen LogP contribution in [0.5, 0.6) is 0 Å². The number of hydrogen-bond donors (Lipinski definition) is 0. The molecule has 1 aliphatic heterocycles. The average Bonchev–Trinajstić information content (AvgIpc) is 1.69. The van der Waals surface area contributed by atoms with Gasteiger partial charge in [0.15, 0.2) is 0 Å². The van der Waals surface area contributed by atoms with Gasteiger partial charge < -0.3 is 12.3 Å². The van der Waals surface area contributed by atoms with E-state index in [1.54, 1.807) is 6.26 Å². The zero-order chi connectivity index (χ0) is 5.11. The molecule has 1 aliphatic rings. The van der Waals surface area contributed by atoms with Crippen LogP contribution in [0.25, 0.3) is 0 Å². The van der Waals surface area contributed by atoms with Crippen molar-refractivity contribution in [2.75, 3.05) is 0 Å². The van der Waals surface area contributed by atoms with Crippen molar-refractivity contribution >= 4 is 23.1 Å². The summed E-state index contributed by atoms with van der Waals surface area (Å²) in [6.45, 7) is 1.82. The van der Waals surface area contributed by atoms with Crippen molar-refractivity contribution in [3.8, 4) is 0 Å². The van der Waals surface area contributed by atoms with Gasteiger partial charge in [0.05, 0.1) is 0 Å². The van der Waals surface area contributed by atoms with Crippen LogP contribution in [0, 0.1) is 0 Å². The summed E-state index contributed by atoms with van der Waals surface area (Å²) in [6, 6.07) is 0. The van der Waals surface area contributed by atoms with Gasteiger partial charge in [-0.05, 0) is 6.92 Å². The Morgan fingerprint density at radius 1 is 1.50 bits per heavy atom. The fraction of sp³-hybridized carbons (Fsp3) is 0.200. The van der Waals surface area contributed by atoms with Crippen LogP contribution in [-0.4, -0.2) is 23.1 Å². The summed E-state index contributed by atoms with van der Waals surface area (Å²) < 4.78 is 9.55. The van der Waals surface area contributed by atoms with Crippen molar-refractivity contribution in [2.24, 2.45) is 0 Å². The summed E-state index contributed by atoms with van der Waals surface area (Å²) >= 11 is 0. The van der Waals surface area contributed by atoms with Crippen LogP contribution in [0.2, 0.25) is 0 Å². The third-order valence-corrected chi connectivity index (χ3v) is 0.622. The fourth-order valence-electron chi connectivity index (χ4n) is 0.330. The fourth-order valence-corrected chi connectivity index (χ4v) is 0.330. The molecule has 0 bridgehead atoms. The van der Waals surface area contributed by atoms with Crippen molar-refractivity contribution in [1.29, 1.82) is 0 Å². The van der Waals surface area contributed by atoms with E-state index >= 15 is 0 Å². The first-order chi connectivity index (χ1) is 3.39. The Morgan fingerprint density at radius 2 is 2.25 bits per heavy atom. The monoisotopic (exact) mass is 124 g/mol. The smallest absolute Gasteiger partial charge is 1.00 e. The van der Waals surface area contributed by atoms with E-state index in [0.717, 1.165) is 5.76 Å². The first-order valence-electron chi connectivity index (χ1n) is 2.03. The van der Waals surface area contributed by atoms with Gasteiger partial charge in [-0.15, -0.1) is 0 Å². The SMILES string of the molecule is CC1=COC=CO1.[H-].[H-].[Mg+2]. The topological polar surface area (TPSA) is 18.5 Å². The van der Waals surface area contributed by atoms with Crippen LogP contribution < -0.4 is 0 Å². The molecule has 2 nitrogen and oxygen atoms in total. The van der Waals surface area contributed by atoms with Crippen LogP contribution in [0.1, 0.15) is 9.78 Å². The molecule has 0 saturated carbocycles. The van der Waals surface area contributed by atoms with Gasteiger partial charge in [-0.1, -0.05) is 0 Å². The van der Waals surface area contributed by atoms with Crippen molar-refractivity contribution in [1.82, 2.24) is 0 Å². The molecular formula is C5H8MgO2. The Kier molecular flexibility index (Phi) is 3.73. The van der Waals surface area contributed by atoms with E-state index < -0.39 is 0 Å². The zero-order valence-electron chi connectivity index (χ0n) is 6.76. The van der Waals surface area contributed by atoms with Gasteiger partial charge in [0.25, 0.3) is 0 Å². The van der Waals surface area contributed by atoms with Gasteiger partial charge in [0, 0.05) is 0 Å². The van der Waals surface area contributed by atoms with E-state index in [9.17, 15) is 0 Å². The molecule has 0 amide bonds. The molecule has 1 rings (SSSR count). The zero-order valence-corrected chi connectivity index (χ0v) is 6.17. The van der Waals surface area contributed by atoms with Gasteiger partial charge in [-0.2, -0.15) is 0 Å². The molecule has 0 radical (unpaired) electrons. The second kappa shape index (κ2) is 3.80. The Bertz CT molecular complexity index is 125. The third-order valence-electron chi connectivity index (χ3n) is 0.622. The van der Waals surface area contributed by atoms with E-state index in [2.05, 4.69) is 0 Å². The molecule has 0 saturated heterocycles. The maximum absolute atomic E-state index is 4.83. The van der Waals surface area contributed by atoms with Crippen LogP contribution in [0.15, 0.2) is 24.5 Å². The average molecular weight is 124 g/mol. The maximum Gasteiger partial charge on any atom is 2.00 e. The summed E-state index contributed by atoms with van der Waals surface area (Å²) in [4.78, 5) is 0. The molecule has 1 heterocycles. The summed E-state index contributed by atoms with van der Waals surface area (Å²) in [6.07, 6.45) is 4.52. The van der Waals surface area contributed by atoms with E-state index in [1.807, 2.05) is 6.92 Å². The molecule has 0 spiro atoms. The van der Waals surface area contributed by atoms with Gasteiger partial charge in [-0.3, -0.25) is 0 Å². The summed E-state index contributed by atoms with van der Waals surface area (Å²) in [7, 11) is 0. The van der Waals surface area contributed by atoms with Gasteiger partial charge >= 0.3 is 23.1 Å². The maximum atomic E-state index is 4.83. The Balaban J connectivity index is -0.000000163. The Hall–Kier alpha value is -0.154. The van der Waals surface area contributed by atoms with Crippen molar-refractivity contribution in [3.05, 3.63) is 24.5 Å². The molecule has 42 valence electrons. The largest absolute Gasteiger partial charge is 2.00 e. The molecule has 0 unspecified atom stereocenters. The van der Waals surface area contributed by atoms with Gasteiger partial charge in [0.2, 0.25) is 0 Å².